The second-order valence-electron chi connectivity index (χ2n) is 11.2. The molecule has 1 aliphatic heterocycles. The van der Waals surface area contributed by atoms with Crippen molar-refractivity contribution in [3.05, 3.63) is 42.1 Å². The summed E-state index contributed by atoms with van der Waals surface area (Å²) in [7, 11) is 3.66. The van der Waals surface area contributed by atoms with Crippen LogP contribution in [0.15, 0.2) is 36.5 Å². The predicted octanol–water partition coefficient (Wildman–Crippen LogP) is 4.20. The molecule has 9 heteroatoms. The van der Waals surface area contributed by atoms with Crippen molar-refractivity contribution in [1.29, 1.82) is 5.41 Å². The molecule has 3 aliphatic rings. The summed E-state index contributed by atoms with van der Waals surface area (Å²) in [4.78, 5) is 25.5. The maximum atomic E-state index is 13.8. The molecule has 3 fully saturated rings. The van der Waals surface area contributed by atoms with E-state index in [1.807, 2.05) is 36.3 Å². The Bertz CT molecular complexity index is 1600. The smallest absolute Gasteiger partial charge is 0.254 e. The maximum Gasteiger partial charge on any atom is 0.254 e. The summed E-state index contributed by atoms with van der Waals surface area (Å²) in [5.74, 6) is 3.02. The van der Waals surface area contributed by atoms with Gasteiger partial charge in [-0.3, -0.25) is 10.2 Å². The van der Waals surface area contributed by atoms with Gasteiger partial charge in [-0.2, -0.15) is 0 Å². The summed E-state index contributed by atoms with van der Waals surface area (Å²) in [5.41, 5.74) is 4.23. The number of aryl methyl sites for hydroxylation is 1. The molecule has 1 aromatic carbocycles. The van der Waals surface area contributed by atoms with Gasteiger partial charge in [0.05, 0.1) is 36.2 Å². The van der Waals surface area contributed by atoms with Crippen LogP contribution in [0.1, 0.15) is 43.0 Å². The van der Waals surface area contributed by atoms with E-state index in [0.29, 0.717) is 29.0 Å². The number of rotatable bonds is 6. The number of methoxy groups -OCH3 is 1. The normalized spacial score (nSPS) is 22.5. The van der Waals surface area contributed by atoms with Crippen molar-refractivity contribution in [3.8, 4) is 17.3 Å². The van der Waals surface area contributed by atoms with Gasteiger partial charge in [0.25, 0.3) is 5.91 Å². The number of amides is 1. The average Bonchev–Trinajstić information content (AvgIpc) is 3.26. The van der Waals surface area contributed by atoms with Crippen LogP contribution in [0.5, 0.6) is 5.75 Å². The second-order valence-corrected chi connectivity index (χ2v) is 11.2. The third-order valence-electron chi connectivity index (χ3n) is 8.65. The minimum atomic E-state index is 0.00563. The molecule has 2 aliphatic carbocycles. The fourth-order valence-corrected chi connectivity index (χ4v) is 6.70. The molecule has 9 nitrogen and oxygen atoms in total. The Kier molecular flexibility index (Phi) is 5.25. The average molecular weight is 512 g/mol. The number of nitrogens with one attached hydrogen (secondary N) is 2. The van der Waals surface area contributed by atoms with E-state index in [1.54, 1.807) is 14.0 Å². The van der Waals surface area contributed by atoms with E-state index < -0.39 is 0 Å². The lowest BCUT2D eigenvalue weighted by molar-refractivity contribution is 0.0699. The van der Waals surface area contributed by atoms with E-state index >= 15 is 0 Å². The van der Waals surface area contributed by atoms with E-state index in [9.17, 15) is 4.79 Å². The van der Waals surface area contributed by atoms with Gasteiger partial charge in [-0.25, -0.2) is 9.97 Å². The molecule has 2 bridgehead atoms. The monoisotopic (exact) mass is 511 g/mol. The van der Waals surface area contributed by atoms with Gasteiger partial charge in [-0.15, -0.1) is 0 Å². The van der Waals surface area contributed by atoms with E-state index in [1.165, 1.54) is 12.8 Å². The summed E-state index contributed by atoms with van der Waals surface area (Å²) in [6.07, 6.45) is 6.41. The summed E-state index contributed by atoms with van der Waals surface area (Å²) in [6, 6.07) is 10.3. The highest BCUT2D eigenvalue weighted by Gasteiger charge is 2.49. The number of pyridine rings is 1. The van der Waals surface area contributed by atoms with Crippen LogP contribution < -0.4 is 10.1 Å². The van der Waals surface area contributed by atoms with Crippen LogP contribution in [0.3, 0.4) is 0 Å². The minimum absolute atomic E-state index is 0.00563. The first-order valence-electron chi connectivity index (χ1n) is 13.5. The number of imidazole rings is 1. The molecule has 0 unspecified atom stereocenters. The van der Waals surface area contributed by atoms with Gasteiger partial charge in [-0.05, 0) is 74.8 Å². The first-order chi connectivity index (χ1) is 18.4. The van der Waals surface area contributed by atoms with E-state index in [0.717, 1.165) is 59.5 Å². The molecular formula is C29H33N7O2. The Morgan fingerprint density at radius 2 is 2.05 bits per heavy atom. The number of fused-ring (bicyclic) bond motifs is 4. The van der Waals surface area contributed by atoms with Gasteiger partial charge < -0.3 is 24.1 Å². The number of carbonyl (C=O) groups is 1. The Morgan fingerprint density at radius 1 is 1.21 bits per heavy atom. The van der Waals surface area contributed by atoms with Crippen molar-refractivity contribution in [3.63, 3.8) is 0 Å². The lowest BCUT2D eigenvalue weighted by atomic mass is 10.1. The van der Waals surface area contributed by atoms with Crippen molar-refractivity contribution >= 4 is 33.8 Å². The van der Waals surface area contributed by atoms with Crippen molar-refractivity contribution < 1.29 is 9.53 Å². The molecule has 2 N–H and O–H groups in total. The van der Waals surface area contributed by atoms with Crippen LogP contribution >= 0.6 is 0 Å². The molecule has 0 radical (unpaired) electrons. The van der Waals surface area contributed by atoms with Crippen LogP contribution in [0.4, 0.5) is 0 Å². The van der Waals surface area contributed by atoms with Crippen LogP contribution in [-0.4, -0.2) is 61.5 Å². The molecule has 3 aromatic heterocycles. The van der Waals surface area contributed by atoms with Crippen molar-refractivity contribution in [2.75, 3.05) is 13.7 Å². The number of ether oxygens (including phenoxy) is 1. The maximum absolute atomic E-state index is 13.8. The Balaban J connectivity index is 1.30. The van der Waals surface area contributed by atoms with Crippen molar-refractivity contribution in [1.82, 2.24) is 29.3 Å². The summed E-state index contributed by atoms with van der Waals surface area (Å²) in [5, 5.41) is 12.3. The Morgan fingerprint density at radius 3 is 2.82 bits per heavy atom. The molecule has 1 amide bonds. The molecular weight excluding hydrogens is 478 g/mol. The second kappa shape index (κ2) is 8.58. The molecule has 3 atom stereocenters. The third-order valence-corrected chi connectivity index (χ3v) is 8.65. The largest absolute Gasteiger partial charge is 0.494 e. The highest BCUT2D eigenvalue weighted by Crippen LogP contribution is 2.40. The first-order valence-corrected chi connectivity index (χ1v) is 13.5. The van der Waals surface area contributed by atoms with Gasteiger partial charge in [-0.1, -0.05) is 0 Å². The van der Waals surface area contributed by atoms with Gasteiger partial charge in [0.2, 0.25) is 0 Å². The number of nitrogens with zero attached hydrogens (tertiary/aromatic N) is 5. The van der Waals surface area contributed by atoms with Crippen LogP contribution in [0.25, 0.3) is 33.6 Å². The van der Waals surface area contributed by atoms with Crippen LogP contribution in [0, 0.1) is 17.2 Å². The lowest BCUT2D eigenvalue weighted by Gasteiger charge is -2.28. The number of amidine groups is 1. The highest BCUT2D eigenvalue weighted by molar-refractivity contribution is 6.00. The SMILES string of the molecule is COc1cc(C(=O)N2C[C@H]3CC[C@@H]2[C@@H]3NC(C)=N)cc2nc(-c3cc4cccnc4n3CC3CC3)n(C)c12. The number of piperidine rings is 1. The summed E-state index contributed by atoms with van der Waals surface area (Å²) in [6.45, 7) is 3.42. The lowest BCUT2D eigenvalue weighted by Crippen LogP contribution is -2.44. The zero-order chi connectivity index (χ0) is 26.1. The van der Waals surface area contributed by atoms with Crippen LogP contribution in [0.2, 0.25) is 0 Å². The standard InChI is InChI=1S/C29H33N7O2/c1-16(30)32-25-19-8-9-22(25)36(15-19)29(37)20-11-21-26(24(13-20)38-3)34(2)28(33-21)23-12-18-5-4-10-31-27(18)35(23)14-17-6-7-17/h4-5,10-13,17,19,22,25H,6-9,14-15H2,1-3H3,(H2,30,32)/t19-,22-,25-/m1/s1. The molecule has 0 spiro atoms. The Hall–Kier alpha value is -3.88. The van der Waals surface area contributed by atoms with Gasteiger partial charge in [0.1, 0.15) is 16.9 Å². The third kappa shape index (κ3) is 3.59. The molecule has 7 rings (SSSR count). The van der Waals surface area contributed by atoms with Gasteiger partial charge in [0.15, 0.2) is 5.82 Å². The number of benzene rings is 1. The topological polar surface area (TPSA) is 101 Å². The first kappa shape index (κ1) is 23.3. The van der Waals surface area contributed by atoms with E-state index in [4.69, 9.17) is 15.1 Å². The molecule has 2 saturated carbocycles. The summed E-state index contributed by atoms with van der Waals surface area (Å²) >= 11 is 0. The molecule has 4 heterocycles. The van der Waals surface area contributed by atoms with E-state index in [2.05, 4.69) is 31.6 Å². The Labute approximate surface area is 221 Å². The highest BCUT2D eigenvalue weighted by atomic mass is 16.5. The fourth-order valence-electron chi connectivity index (χ4n) is 6.70. The minimum Gasteiger partial charge on any atom is -0.494 e. The quantitative estimate of drug-likeness (QED) is 0.299. The van der Waals surface area contributed by atoms with Crippen molar-refractivity contribution in [2.45, 2.75) is 51.2 Å². The zero-order valence-electron chi connectivity index (χ0n) is 22.1. The molecule has 4 aromatic rings. The number of hydrogen-bond donors (Lipinski definition) is 2. The number of likely N-dealkylation sites (tertiary alicyclic amines) is 1. The zero-order valence-corrected chi connectivity index (χ0v) is 22.1. The van der Waals surface area contributed by atoms with Gasteiger partial charge in [0, 0.05) is 37.3 Å². The summed E-state index contributed by atoms with van der Waals surface area (Å²) < 4.78 is 10.2. The number of hydrogen-bond acceptors (Lipinski definition) is 5. The van der Waals surface area contributed by atoms with Gasteiger partial charge >= 0.3 is 0 Å². The number of aromatic nitrogens is 4. The van der Waals surface area contributed by atoms with Crippen molar-refractivity contribution in [2.24, 2.45) is 18.9 Å². The fraction of sp³-hybridized carbons (Fsp3) is 0.448. The number of carbonyl (C=O) groups excluding carboxylic acids is 1. The van der Waals surface area contributed by atoms with Crippen LogP contribution in [-0.2, 0) is 13.6 Å². The predicted molar refractivity (Wildman–Crippen MR) is 147 cm³/mol. The molecule has 196 valence electrons. The molecule has 1 saturated heterocycles. The van der Waals surface area contributed by atoms with E-state index in [-0.39, 0.29) is 18.0 Å². The molecule has 38 heavy (non-hydrogen) atoms.